The Morgan fingerprint density at radius 3 is 2.19 bits per heavy atom. The Morgan fingerprint density at radius 1 is 0.885 bits per heavy atom. The van der Waals surface area contributed by atoms with Gasteiger partial charge in [0.05, 0.1) is 6.54 Å². The molecule has 0 spiro atoms. The van der Waals surface area contributed by atoms with Crippen molar-refractivity contribution < 1.29 is 9.59 Å². The summed E-state index contributed by atoms with van der Waals surface area (Å²) in [6, 6.07) is 16.9. The fraction of sp³-hybridized carbons (Fsp3) is 0.333. The lowest BCUT2D eigenvalue weighted by Crippen LogP contribution is -2.33. The van der Waals surface area contributed by atoms with E-state index in [1.54, 1.807) is 29.2 Å². The lowest BCUT2D eigenvalue weighted by Gasteiger charge is -2.22. The van der Waals surface area contributed by atoms with Gasteiger partial charge in [0.15, 0.2) is 0 Å². The van der Waals surface area contributed by atoms with Crippen LogP contribution in [0.15, 0.2) is 54.6 Å². The molecule has 0 heterocycles. The van der Waals surface area contributed by atoms with Crippen molar-refractivity contribution in [3.05, 3.63) is 60.2 Å². The van der Waals surface area contributed by atoms with E-state index < -0.39 is 0 Å². The average Bonchev–Trinajstić information content (AvgIpc) is 2.68. The van der Waals surface area contributed by atoms with Gasteiger partial charge in [-0.05, 0) is 51.1 Å². The number of rotatable bonds is 8. The Morgan fingerprint density at radius 2 is 1.58 bits per heavy atom. The van der Waals surface area contributed by atoms with Crippen molar-refractivity contribution in [1.29, 1.82) is 0 Å². The van der Waals surface area contributed by atoms with E-state index in [1.165, 1.54) is 0 Å². The van der Waals surface area contributed by atoms with E-state index in [1.807, 2.05) is 56.0 Å². The molecule has 138 valence electrons. The molecule has 0 aliphatic heterocycles. The Bertz CT molecular complexity index is 727. The quantitative estimate of drug-likeness (QED) is 0.788. The van der Waals surface area contributed by atoms with E-state index >= 15 is 0 Å². The van der Waals surface area contributed by atoms with Crippen LogP contribution in [0.25, 0.3) is 0 Å². The second-order valence-electron chi connectivity index (χ2n) is 5.96. The van der Waals surface area contributed by atoms with Crippen LogP contribution in [0.3, 0.4) is 0 Å². The van der Waals surface area contributed by atoms with E-state index in [0.29, 0.717) is 24.3 Å². The van der Waals surface area contributed by atoms with Crippen molar-refractivity contribution in [2.45, 2.75) is 20.8 Å². The number of anilines is 2. The third-order valence-electron chi connectivity index (χ3n) is 4.28. The largest absolute Gasteiger partial charge is 0.362 e. The zero-order valence-corrected chi connectivity index (χ0v) is 15.7. The number of carbonyl (C=O) groups excluding carboxylic acids is 2. The van der Waals surface area contributed by atoms with Crippen LogP contribution in [0, 0.1) is 0 Å². The molecule has 0 aromatic heterocycles. The van der Waals surface area contributed by atoms with Crippen LogP contribution in [-0.2, 0) is 4.79 Å². The van der Waals surface area contributed by atoms with E-state index in [2.05, 4.69) is 5.32 Å². The molecular formula is C21H27N3O2. The molecule has 0 radical (unpaired) electrons. The van der Waals surface area contributed by atoms with E-state index in [-0.39, 0.29) is 18.4 Å². The summed E-state index contributed by atoms with van der Waals surface area (Å²) in [5, 5.41) is 2.90. The number of para-hydroxylation sites is 1. The molecule has 0 aliphatic rings. The third-order valence-corrected chi connectivity index (χ3v) is 4.28. The van der Waals surface area contributed by atoms with Gasteiger partial charge in [-0.2, -0.15) is 0 Å². The number of hydrogen-bond acceptors (Lipinski definition) is 3. The van der Waals surface area contributed by atoms with Crippen LogP contribution >= 0.6 is 0 Å². The summed E-state index contributed by atoms with van der Waals surface area (Å²) in [5.74, 6) is -0.131. The smallest absolute Gasteiger partial charge is 0.253 e. The highest BCUT2D eigenvalue weighted by Gasteiger charge is 2.14. The minimum absolute atomic E-state index is 0.0226. The number of amides is 2. The molecule has 0 atom stereocenters. The highest BCUT2D eigenvalue weighted by molar-refractivity contribution is 5.98. The maximum absolute atomic E-state index is 12.5. The molecule has 0 saturated carbocycles. The number of nitrogens with zero attached hydrogens (tertiary/aromatic N) is 2. The topological polar surface area (TPSA) is 52.7 Å². The summed E-state index contributed by atoms with van der Waals surface area (Å²) in [4.78, 5) is 28.7. The maximum atomic E-state index is 12.5. The van der Waals surface area contributed by atoms with Gasteiger partial charge in [-0.25, -0.2) is 0 Å². The molecule has 0 fully saturated rings. The van der Waals surface area contributed by atoms with Crippen molar-refractivity contribution in [1.82, 2.24) is 4.90 Å². The number of benzene rings is 2. The van der Waals surface area contributed by atoms with Crippen LogP contribution < -0.4 is 10.2 Å². The van der Waals surface area contributed by atoms with Gasteiger partial charge in [-0.15, -0.1) is 0 Å². The summed E-state index contributed by atoms with van der Waals surface area (Å²) in [6.07, 6.45) is 0. The molecule has 0 aliphatic carbocycles. The molecule has 5 nitrogen and oxygen atoms in total. The van der Waals surface area contributed by atoms with E-state index in [0.717, 1.165) is 12.2 Å². The minimum atomic E-state index is -0.108. The van der Waals surface area contributed by atoms with Crippen LogP contribution in [0.1, 0.15) is 31.1 Å². The highest BCUT2D eigenvalue weighted by atomic mass is 16.2. The van der Waals surface area contributed by atoms with Gasteiger partial charge >= 0.3 is 0 Å². The maximum Gasteiger partial charge on any atom is 0.253 e. The zero-order chi connectivity index (χ0) is 18.9. The van der Waals surface area contributed by atoms with Crippen molar-refractivity contribution in [2.75, 3.05) is 36.4 Å². The van der Waals surface area contributed by atoms with Crippen LogP contribution in [0.2, 0.25) is 0 Å². The van der Waals surface area contributed by atoms with Crippen molar-refractivity contribution >= 4 is 23.2 Å². The lowest BCUT2D eigenvalue weighted by atomic mass is 10.1. The summed E-state index contributed by atoms with van der Waals surface area (Å²) in [6.45, 7) is 8.24. The van der Waals surface area contributed by atoms with Gasteiger partial charge in [0.25, 0.3) is 5.91 Å². The van der Waals surface area contributed by atoms with Crippen LogP contribution in [-0.4, -0.2) is 42.9 Å². The van der Waals surface area contributed by atoms with Gasteiger partial charge in [0, 0.05) is 36.6 Å². The van der Waals surface area contributed by atoms with Crippen LogP contribution in [0.4, 0.5) is 11.4 Å². The van der Waals surface area contributed by atoms with Crippen molar-refractivity contribution in [2.24, 2.45) is 0 Å². The van der Waals surface area contributed by atoms with Gasteiger partial charge in [0.1, 0.15) is 0 Å². The normalized spacial score (nSPS) is 10.3. The summed E-state index contributed by atoms with van der Waals surface area (Å²) in [5.41, 5.74) is 2.23. The molecule has 2 amide bonds. The van der Waals surface area contributed by atoms with Gasteiger partial charge in [-0.3, -0.25) is 9.59 Å². The predicted molar refractivity (Wildman–Crippen MR) is 107 cm³/mol. The Hall–Kier alpha value is -2.82. The number of nitrogens with one attached hydrogen (secondary N) is 1. The zero-order valence-electron chi connectivity index (χ0n) is 15.7. The molecule has 5 heteroatoms. The Labute approximate surface area is 155 Å². The molecule has 2 aromatic rings. The van der Waals surface area contributed by atoms with Crippen molar-refractivity contribution in [3.8, 4) is 0 Å². The second kappa shape index (κ2) is 9.61. The molecule has 1 N–H and O–H groups in total. The molecule has 2 aromatic carbocycles. The highest BCUT2D eigenvalue weighted by Crippen LogP contribution is 2.15. The standard InChI is InChI=1S/C21H27N3O2/c1-4-23(5-2)21(26)17-11-10-12-18(15-17)22-20(25)16-24(6-3)19-13-8-7-9-14-19/h7-15H,4-6,16H2,1-3H3,(H,22,25). The Balaban J connectivity index is 2.05. The fourth-order valence-electron chi connectivity index (χ4n) is 2.82. The SMILES string of the molecule is CCN(CC)C(=O)c1cccc(NC(=O)CN(CC)c2ccccc2)c1. The summed E-state index contributed by atoms with van der Waals surface area (Å²) in [7, 11) is 0. The van der Waals surface area contributed by atoms with Gasteiger partial charge in [0.2, 0.25) is 5.91 Å². The molecule has 0 saturated heterocycles. The minimum Gasteiger partial charge on any atom is -0.362 e. The van der Waals surface area contributed by atoms with Crippen molar-refractivity contribution in [3.63, 3.8) is 0 Å². The monoisotopic (exact) mass is 353 g/mol. The van der Waals surface area contributed by atoms with Gasteiger partial charge < -0.3 is 15.1 Å². The second-order valence-corrected chi connectivity index (χ2v) is 5.96. The van der Waals surface area contributed by atoms with Crippen LogP contribution in [0.5, 0.6) is 0 Å². The summed E-state index contributed by atoms with van der Waals surface area (Å²) >= 11 is 0. The molecule has 0 bridgehead atoms. The molecule has 2 rings (SSSR count). The first-order valence-electron chi connectivity index (χ1n) is 9.08. The number of hydrogen-bond donors (Lipinski definition) is 1. The lowest BCUT2D eigenvalue weighted by molar-refractivity contribution is -0.115. The average molecular weight is 353 g/mol. The first-order valence-corrected chi connectivity index (χ1v) is 9.08. The third kappa shape index (κ3) is 5.09. The summed E-state index contributed by atoms with van der Waals surface area (Å²) < 4.78 is 0. The number of likely N-dealkylation sites (N-methyl/N-ethyl adjacent to an activating group) is 1. The number of carbonyl (C=O) groups is 2. The predicted octanol–water partition coefficient (Wildman–Crippen LogP) is 3.63. The molecule has 26 heavy (non-hydrogen) atoms. The first kappa shape index (κ1) is 19.5. The fourth-order valence-corrected chi connectivity index (χ4v) is 2.82. The first-order chi connectivity index (χ1) is 12.6. The van der Waals surface area contributed by atoms with E-state index in [9.17, 15) is 9.59 Å². The molecular weight excluding hydrogens is 326 g/mol. The molecule has 0 unspecified atom stereocenters. The van der Waals surface area contributed by atoms with Gasteiger partial charge in [-0.1, -0.05) is 24.3 Å². The van der Waals surface area contributed by atoms with E-state index in [4.69, 9.17) is 0 Å². The Kier molecular flexibility index (Phi) is 7.21.